The highest BCUT2D eigenvalue weighted by Crippen LogP contribution is 2.53. The summed E-state index contributed by atoms with van der Waals surface area (Å²) in [5, 5.41) is 2.01. The zero-order valence-corrected chi connectivity index (χ0v) is 23.5. The van der Waals surface area contributed by atoms with Gasteiger partial charge < -0.3 is 9.32 Å². The molecule has 0 radical (unpaired) electrons. The number of rotatable bonds is 2. The lowest BCUT2D eigenvalue weighted by atomic mass is 9.83. The van der Waals surface area contributed by atoms with Gasteiger partial charge in [-0.1, -0.05) is 96.7 Å². The predicted molar refractivity (Wildman–Crippen MR) is 171 cm³/mol. The molecule has 0 spiro atoms. The number of carbonyl (C=O) groups excluding carboxylic acids is 2. The lowest BCUT2D eigenvalue weighted by molar-refractivity contribution is 0.0979. The van der Waals surface area contributed by atoms with E-state index in [1.165, 1.54) is 9.79 Å². The summed E-state index contributed by atoms with van der Waals surface area (Å²) >= 11 is 1.77. The van der Waals surface area contributed by atoms with E-state index in [1.807, 2.05) is 24.3 Å². The molecule has 5 heteroatoms. The average Bonchev–Trinajstić information content (AvgIpc) is 3.45. The third-order valence-electron chi connectivity index (χ3n) is 8.41. The number of nitrogens with zero attached hydrogens (tertiary/aromatic N) is 1. The van der Waals surface area contributed by atoms with Gasteiger partial charge in [0.05, 0.1) is 17.1 Å². The summed E-state index contributed by atoms with van der Waals surface area (Å²) in [5.41, 5.74) is 8.18. The Morgan fingerprint density at radius 1 is 0.465 bits per heavy atom. The quantitative estimate of drug-likeness (QED) is 0.207. The molecule has 0 bridgehead atoms. The molecule has 0 fully saturated rings. The van der Waals surface area contributed by atoms with Gasteiger partial charge in [0, 0.05) is 48.4 Å². The maximum Gasteiger partial charge on any atom is 0.194 e. The number of para-hydroxylation sites is 4. The van der Waals surface area contributed by atoms with Crippen molar-refractivity contribution in [3.63, 3.8) is 0 Å². The third kappa shape index (κ3) is 3.46. The number of carbonyl (C=O) groups is 2. The van der Waals surface area contributed by atoms with Crippen molar-refractivity contribution in [2.45, 2.75) is 9.79 Å². The Hall–Kier alpha value is -5.39. The van der Waals surface area contributed by atoms with E-state index in [0.29, 0.717) is 22.3 Å². The molecule has 4 nitrogen and oxygen atoms in total. The molecule has 0 saturated heterocycles. The van der Waals surface area contributed by atoms with Crippen LogP contribution < -0.4 is 4.90 Å². The van der Waals surface area contributed by atoms with Gasteiger partial charge in [0.25, 0.3) is 0 Å². The fourth-order valence-electron chi connectivity index (χ4n) is 6.44. The molecule has 0 saturated carbocycles. The summed E-state index contributed by atoms with van der Waals surface area (Å²) in [6.45, 7) is 0. The second-order valence-corrected chi connectivity index (χ2v) is 11.9. The van der Waals surface area contributed by atoms with Crippen molar-refractivity contribution >= 4 is 62.3 Å². The van der Waals surface area contributed by atoms with Crippen LogP contribution in [0, 0.1) is 0 Å². The maximum atomic E-state index is 13.5. The Morgan fingerprint density at radius 3 is 1.72 bits per heavy atom. The van der Waals surface area contributed by atoms with Gasteiger partial charge in [0.2, 0.25) is 0 Å². The van der Waals surface area contributed by atoms with E-state index in [9.17, 15) is 9.59 Å². The van der Waals surface area contributed by atoms with Gasteiger partial charge in [0.15, 0.2) is 17.1 Å². The third-order valence-corrected chi connectivity index (χ3v) is 9.54. The largest absolute Gasteiger partial charge is 0.453 e. The molecule has 0 atom stereocenters. The highest BCUT2D eigenvalue weighted by Gasteiger charge is 2.30. The number of fused-ring (bicyclic) bond motifs is 7. The molecule has 0 N–H and O–H groups in total. The van der Waals surface area contributed by atoms with Crippen LogP contribution in [-0.2, 0) is 0 Å². The summed E-state index contributed by atoms with van der Waals surface area (Å²) in [6.07, 6.45) is 0. The minimum Gasteiger partial charge on any atom is -0.453 e. The number of hydrogen-bond donors (Lipinski definition) is 0. The first-order valence-electron chi connectivity index (χ1n) is 14.1. The first-order valence-corrected chi connectivity index (χ1v) is 14.9. The number of benzene rings is 6. The van der Waals surface area contributed by atoms with Gasteiger partial charge >= 0.3 is 0 Å². The van der Waals surface area contributed by atoms with E-state index in [4.69, 9.17) is 4.42 Å². The summed E-state index contributed by atoms with van der Waals surface area (Å²) in [6, 6.07) is 41.8. The van der Waals surface area contributed by atoms with Crippen molar-refractivity contribution in [1.82, 2.24) is 0 Å². The number of anilines is 3. The van der Waals surface area contributed by atoms with Gasteiger partial charge in [0.1, 0.15) is 5.58 Å². The molecule has 9 rings (SSSR count). The second kappa shape index (κ2) is 9.05. The van der Waals surface area contributed by atoms with Gasteiger partial charge in [-0.05, 0) is 48.0 Å². The predicted octanol–water partition coefficient (Wildman–Crippen LogP) is 9.96. The van der Waals surface area contributed by atoms with Crippen LogP contribution in [0.25, 0.3) is 33.1 Å². The van der Waals surface area contributed by atoms with Crippen LogP contribution in [0.1, 0.15) is 31.8 Å². The smallest absolute Gasteiger partial charge is 0.194 e. The Bertz CT molecular complexity index is 2290. The molecule has 2 aliphatic rings. The molecule has 202 valence electrons. The standard InChI is InChI=1S/C38H21NO3S/c40-35-24-9-1-2-10-25(24)36(41)29-21-22(19-20-26(29)35)23-11-7-12-27-28-13-8-16-32(38(28)42-37(23)27)39-30-14-3-5-17-33(30)43-34-18-6-4-15-31(34)39/h1-21H. The summed E-state index contributed by atoms with van der Waals surface area (Å²) in [7, 11) is 0. The van der Waals surface area contributed by atoms with Crippen molar-refractivity contribution in [3.05, 3.63) is 150 Å². The minimum absolute atomic E-state index is 0.122. The van der Waals surface area contributed by atoms with Crippen LogP contribution in [0.4, 0.5) is 17.1 Å². The summed E-state index contributed by atoms with van der Waals surface area (Å²) in [4.78, 5) is 31.4. The zero-order valence-electron chi connectivity index (χ0n) is 22.7. The fraction of sp³-hybridized carbons (Fsp3) is 0. The minimum atomic E-state index is -0.133. The van der Waals surface area contributed by atoms with E-state index in [-0.39, 0.29) is 11.6 Å². The normalized spacial score (nSPS) is 13.5. The monoisotopic (exact) mass is 571 g/mol. The Balaban J connectivity index is 1.25. The van der Waals surface area contributed by atoms with E-state index in [0.717, 1.165) is 50.1 Å². The van der Waals surface area contributed by atoms with Gasteiger partial charge in [-0.25, -0.2) is 0 Å². The molecule has 2 heterocycles. The molecule has 7 aromatic rings. The van der Waals surface area contributed by atoms with Crippen LogP contribution in [0.2, 0.25) is 0 Å². The fourth-order valence-corrected chi connectivity index (χ4v) is 7.50. The number of hydrogen-bond acceptors (Lipinski definition) is 5. The Morgan fingerprint density at radius 2 is 1.00 bits per heavy atom. The topological polar surface area (TPSA) is 50.5 Å². The zero-order chi connectivity index (χ0) is 28.7. The van der Waals surface area contributed by atoms with Crippen molar-refractivity contribution in [3.8, 4) is 11.1 Å². The Kier molecular flexibility index (Phi) is 5.10. The van der Waals surface area contributed by atoms with Crippen LogP contribution in [-0.4, -0.2) is 11.6 Å². The highest BCUT2D eigenvalue weighted by atomic mass is 32.2. The van der Waals surface area contributed by atoms with Crippen LogP contribution in [0.15, 0.2) is 142 Å². The lowest BCUT2D eigenvalue weighted by Gasteiger charge is -2.32. The van der Waals surface area contributed by atoms with E-state index < -0.39 is 0 Å². The first kappa shape index (κ1) is 24.2. The van der Waals surface area contributed by atoms with Crippen LogP contribution >= 0.6 is 11.8 Å². The van der Waals surface area contributed by atoms with Gasteiger partial charge in [-0.3, -0.25) is 9.59 Å². The number of ketones is 2. The van der Waals surface area contributed by atoms with Crippen molar-refractivity contribution in [2.24, 2.45) is 0 Å². The molecule has 6 aromatic carbocycles. The molecule has 0 amide bonds. The summed E-state index contributed by atoms with van der Waals surface area (Å²) in [5.74, 6) is -0.255. The van der Waals surface area contributed by atoms with E-state index in [1.54, 1.807) is 42.1 Å². The van der Waals surface area contributed by atoms with Crippen molar-refractivity contribution in [1.29, 1.82) is 0 Å². The molecule has 1 aromatic heterocycles. The SMILES string of the molecule is O=C1c2ccccc2C(=O)c2cc(-c3cccc4c3oc3c(N5c6ccccc6Sc6ccccc65)cccc34)ccc21. The average molecular weight is 572 g/mol. The first-order chi connectivity index (χ1) is 21.2. The molecule has 1 aliphatic carbocycles. The molecule has 0 unspecified atom stereocenters. The summed E-state index contributed by atoms with van der Waals surface area (Å²) < 4.78 is 6.80. The highest BCUT2D eigenvalue weighted by molar-refractivity contribution is 7.99. The molecule has 43 heavy (non-hydrogen) atoms. The van der Waals surface area contributed by atoms with Crippen LogP contribution in [0.5, 0.6) is 0 Å². The van der Waals surface area contributed by atoms with E-state index >= 15 is 0 Å². The van der Waals surface area contributed by atoms with Crippen molar-refractivity contribution < 1.29 is 14.0 Å². The second-order valence-electron chi connectivity index (χ2n) is 10.8. The van der Waals surface area contributed by atoms with Crippen molar-refractivity contribution in [2.75, 3.05) is 4.90 Å². The lowest BCUT2D eigenvalue weighted by Crippen LogP contribution is -2.20. The Labute approximate surface area is 251 Å². The molecular formula is C38H21NO3S. The molecule has 1 aliphatic heterocycles. The maximum absolute atomic E-state index is 13.5. The van der Waals surface area contributed by atoms with Crippen LogP contribution in [0.3, 0.4) is 0 Å². The van der Waals surface area contributed by atoms with E-state index in [2.05, 4.69) is 77.7 Å². The van der Waals surface area contributed by atoms with Gasteiger partial charge in [-0.2, -0.15) is 0 Å². The van der Waals surface area contributed by atoms with Gasteiger partial charge in [-0.15, -0.1) is 0 Å². The molecular weight excluding hydrogens is 550 g/mol. The number of furan rings is 1.